The van der Waals surface area contributed by atoms with Crippen LogP contribution in [0.4, 0.5) is 30.7 Å². The van der Waals surface area contributed by atoms with E-state index in [-0.39, 0.29) is 0 Å². The Morgan fingerprint density at radius 2 is 1.54 bits per heavy atom. The molecule has 10 heteroatoms. The predicted octanol–water partition coefficient (Wildman–Crippen LogP) is 5.94. The van der Waals surface area contributed by atoms with Crippen molar-refractivity contribution in [2.24, 2.45) is 16.7 Å². The van der Waals surface area contributed by atoms with E-state index in [0.717, 1.165) is 6.92 Å². The van der Waals surface area contributed by atoms with Crippen LogP contribution in [0.25, 0.3) is 0 Å². The first-order valence-electron chi connectivity index (χ1n) is 8.01. The summed E-state index contributed by atoms with van der Waals surface area (Å²) in [6.07, 6.45) is -4.12. The molecule has 0 bridgehead atoms. The summed E-state index contributed by atoms with van der Waals surface area (Å²) in [6, 6.07) is 0. The number of esters is 1. The summed E-state index contributed by atoms with van der Waals surface area (Å²) < 4.78 is 97.7. The van der Waals surface area contributed by atoms with Gasteiger partial charge >= 0.3 is 12.1 Å². The molecule has 0 radical (unpaired) electrons. The minimum atomic E-state index is -4.80. The molecule has 0 spiro atoms. The van der Waals surface area contributed by atoms with Gasteiger partial charge in [0.2, 0.25) is 0 Å². The number of allylic oxidation sites excluding steroid dienone is 2. The lowest BCUT2D eigenvalue weighted by molar-refractivity contribution is -0.148. The first-order chi connectivity index (χ1) is 12.6. The third-order valence-electron chi connectivity index (χ3n) is 5.49. The van der Waals surface area contributed by atoms with Gasteiger partial charge in [0.05, 0.1) is 11.5 Å². The Bertz CT molecular complexity index is 831. The maximum absolute atomic E-state index is 13.9. The number of rotatable bonds is 4. The SMILES string of the molecule is Cc1c(F)c(F)c(COC(=O)[C@@H]2C(C)(C)[C@]2(C)/C=C(\Cl)C(F)(F)F)c(F)c1F. The van der Waals surface area contributed by atoms with Crippen molar-refractivity contribution in [1.82, 2.24) is 0 Å². The van der Waals surface area contributed by atoms with Crippen molar-refractivity contribution in [2.45, 2.75) is 40.5 Å². The number of hydrogen-bond donors (Lipinski definition) is 0. The summed E-state index contributed by atoms with van der Waals surface area (Å²) in [6.45, 7) is 4.04. The number of carbonyl (C=O) groups excluding carboxylic acids is 1. The normalized spacial score (nSPS) is 24.3. The summed E-state index contributed by atoms with van der Waals surface area (Å²) in [5.74, 6) is -8.84. The maximum Gasteiger partial charge on any atom is 0.426 e. The maximum atomic E-state index is 13.9. The second-order valence-electron chi connectivity index (χ2n) is 7.39. The van der Waals surface area contributed by atoms with Gasteiger partial charge < -0.3 is 4.74 Å². The Kier molecular flexibility index (Phi) is 5.57. The van der Waals surface area contributed by atoms with Crippen LogP contribution in [0.2, 0.25) is 0 Å². The van der Waals surface area contributed by atoms with Gasteiger partial charge in [0.1, 0.15) is 11.6 Å². The van der Waals surface area contributed by atoms with Crippen molar-refractivity contribution in [2.75, 3.05) is 0 Å². The summed E-state index contributed by atoms with van der Waals surface area (Å²) in [4.78, 5) is 12.3. The first-order valence-corrected chi connectivity index (χ1v) is 8.38. The largest absolute Gasteiger partial charge is 0.460 e. The smallest absolute Gasteiger partial charge is 0.426 e. The Balaban J connectivity index is 2.24. The number of carbonyl (C=O) groups is 1. The monoisotopic (exact) mass is 432 g/mol. The van der Waals surface area contributed by atoms with E-state index in [9.17, 15) is 35.5 Å². The fourth-order valence-corrected chi connectivity index (χ4v) is 3.53. The molecule has 0 saturated heterocycles. The van der Waals surface area contributed by atoms with E-state index in [2.05, 4.69) is 0 Å². The molecule has 156 valence electrons. The van der Waals surface area contributed by atoms with E-state index in [1.807, 2.05) is 0 Å². The lowest BCUT2D eigenvalue weighted by Gasteiger charge is -2.12. The molecule has 2 atom stereocenters. The fourth-order valence-electron chi connectivity index (χ4n) is 3.31. The standard InChI is InChI=1S/C18H16ClF7O2/c1-7-10(20)12(22)8(13(23)11(7)21)6-28-15(27)14-16(2,3)17(14,4)5-9(19)18(24,25)26/h5,14H,6H2,1-4H3/b9-5-/t14-,17-/m1/s1. The van der Waals surface area contributed by atoms with Crippen molar-refractivity contribution >= 4 is 17.6 Å². The molecular weight excluding hydrogens is 417 g/mol. The summed E-state index contributed by atoms with van der Waals surface area (Å²) in [5, 5.41) is -1.42. The summed E-state index contributed by atoms with van der Waals surface area (Å²) in [5.41, 5.74) is -4.33. The van der Waals surface area contributed by atoms with Crippen molar-refractivity contribution in [1.29, 1.82) is 0 Å². The minimum Gasteiger partial charge on any atom is -0.460 e. The Morgan fingerprint density at radius 1 is 1.07 bits per heavy atom. The molecule has 1 aromatic rings. The molecule has 0 aromatic heterocycles. The van der Waals surface area contributed by atoms with Gasteiger partial charge in [-0.1, -0.05) is 38.4 Å². The van der Waals surface area contributed by atoms with E-state index < -0.39 is 74.9 Å². The third kappa shape index (κ3) is 3.49. The number of halogens is 8. The first kappa shape index (κ1) is 22.5. The van der Waals surface area contributed by atoms with Crippen LogP contribution in [-0.4, -0.2) is 12.1 Å². The van der Waals surface area contributed by atoms with Gasteiger partial charge in [-0.15, -0.1) is 0 Å². The Labute approximate surface area is 161 Å². The average Bonchev–Trinajstić information content (AvgIpc) is 3.01. The molecule has 0 heterocycles. The van der Waals surface area contributed by atoms with Crippen LogP contribution in [0, 0.1) is 46.9 Å². The topological polar surface area (TPSA) is 26.3 Å². The third-order valence-corrected chi connectivity index (χ3v) is 5.82. The molecule has 0 N–H and O–H groups in total. The van der Waals surface area contributed by atoms with Crippen molar-refractivity contribution in [3.05, 3.63) is 45.5 Å². The van der Waals surface area contributed by atoms with Gasteiger partial charge in [-0.25, -0.2) is 17.6 Å². The highest BCUT2D eigenvalue weighted by atomic mass is 35.5. The van der Waals surface area contributed by atoms with Crippen LogP contribution in [0.1, 0.15) is 31.9 Å². The van der Waals surface area contributed by atoms with Crippen LogP contribution in [-0.2, 0) is 16.1 Å². The van der Waals surface area contributed by atoms with E-state index in [1.54, 1.807) is 0 Å². The van der Waals surface area contributed by atoms with Crippen LogP contribution in [0.3, 0.4) is 0 Å². The van der Waals surface area contributed by atoms with E-state index in [1.165, 1.54) is 20.8 Å². The lowest BCUT2D eigenvalue weighted by atomic mass is 9.97. The van der Waals surface area contributed by atoms with Crippen LogP contribution < -0.4 is 0 Å². The van der Waals surface area contributed by atoms with Gasteiger partial charge in [-0.3, -0.25) is 4.79 Å². The van der Waals surface area contributed by atoms with Gasteiger partial charge in [0, 0.05) is 11.0 Å². The highest BCUT2D eigenvalue weighted by Crippen LogP contribution is 2.70. The fraction of sp³-hybridized carbons (Fsp3) is 0.500. The van der Waals surface area contributed by atoms with Crippen LogP contribution in [0.15, 0.2) is 11.1 Å². The lowest BCUT2D eigenvalue weighted by Crippen LogP contribution is -2.15. The van der Waals surface area contributed by atoms with E-state index in [4.69, 9.17) is 16.3 Å². The van der Waals surface area contributed by atoms with Crippen molar-refractivity contribution in [3.8, 4) is 0 Å². The minimum absolute atomic E-state index is 0.687. The van der Waals surface area contributed by atoms with E-state index >= 15 is 0 Å². The molecule has 1 aliphatic rings. The van der Waals surface area contributed by atoms with Gasteiger partial charge in [-0.05, 0) is 12.3 Å². The molecule has 0 aliphatic heterocycles. The molecule has 1 fully saturated rings. The molecule has 1 aromatic carbocycles. The number of alkyl halides is 3. The summed E-state index contributed by atoms with van der Waals surface area (Å²) >= 11 is 5.24. The van der Waals surface area contributed by atoms with E-state index in [0.29, 0.717) is 6.08 Å². The van der Waals surface area contributed by atoms with Crippen LogP contribution >= 0.6 is 11.6 Å². The molecule has 2 rings (SSSR count). The zero-order valence-electron chi connectivity index (χ0n) is 15.2. The molecule has 1 aliphatic carbocycles. The zero-order valence-corrected chi connectivity index (χ0v) is 16.0. The van der Waals surface area contributed by atoms with Crippen LogP contribution in [0.5, 0.6) is 0 Å². The number of benzene rings is 1. The molecule has 28 heavy (non-hydrogen) atoms. The van der Waals surface area contributed by atoms with Gasteiger partial charge in [0.15, 0.2) is 23.3 Å². The predicted molar refractivity (Wildman–Crippen MR) is 86.2 cm³/mol. The number of hydrogen-bond acceptors (Lipinski definition) is 2. The Hall–Kier alpha value is -1.77. The van der Waals surface area contributed by atoms with Crippen molar-refractivity contribution in [3.63, 3.8) is 0 Å². The van der Waals surface area contributed by atoms with Crippen molar-refractivity contribution < 1.29 is 40.3 Å². The zero-order chi connectivity index (χ0) is 21.8. The molecule has 1 saturated carbocycles. The molecule has 0 unspecified atom stereocenters. The molecular formula is C18H16ClF7O2. The second-order valence-corrected chi connectivity index (χ2v) is 7.80. The second kappa shape index (κ2) is 6.93. The molecule has 0 amide bonds. The molecule has 2 nitrogen and oxygen atoms in total. The highest BCUT2D eigenvalue weighted by Gasteiger charge is 2.71. The van der Waals surface area contributed by atoms with Gasteiger partial charge in [-0.2, -0.15) is 13.2 Å². The highest BCUT2D eigenvalue weighted by molar-refractivity contribution is 6.30. The Morgan fingerprint density at radius 3 is 1.96 bits per heavy atom. The van der Waals surface area contributed by atoms with Gasteiger partial charge in [0.25, 0.3) is 0 Å². The average molecular weight is 433 g/mol. The quantitative estimate of drug-likeness (QED) is 0.334. The number of ether oxygens (including phenoxy) is 1. The summed E-state index contributed by atoms with van der Waals surface area (Å²) in [7, 11) is 0.